The fourth-order valence-corrected chi connectivity index (χ4v) is 3.91. The molecule has 0 saturated carbocycles. The van der Waals surface area contributed by atoms with Gasteiger partial charge in [-0.2, -0.15) is 5.10 Å². The quantitative estimate of drug-likeness (QED) is 0.759. The van der Waals surface area contributed by atoms with Gasteiger partial charge < -0.3 is 10.0 Å². The molecule has 2 aromatic carbocycles. The van der Waals surface area contributed by atoms with Crippen LogP contribution in [-0.4, -0.2) is 38.8 Å². The number of nitrogens with zero attached hydrogens (tertiary/aromatic N) is 3. The maximum Gasteiger partial charge on any atom is 0.224 e. The van der Waals surface area contributed by atoms with Crippen LogP contribution in [0.5, 0.6) is 5.75 Å². The molecule has 0 radical (unpaired) electrons. The smallest absolute Gasteiger partial charge is 0.224 e. The number of phenolic OH excluding ortho intramolecular Hbond substituents is 1. The van der Waals surface area contributed by atoms with E-state index in [4.69, 9.17) is 0 Å². The zero-order valence-electron chi connectivity index (χ0n) is 15.6. The highest BCUT2D eigenvalue weighted by Gasteiger charge is 2.23. The summed E-state index contributed by atoms with van der Waals surface area (Å²) in [6.07, 6.45) is 3.53. The number of aromatic nitrogens is 2. The molecule has 6 nitrogen and oxygen atoms in total. The predicted octanol–water partition coefficient (Wildman–Crippen LogP) is 2.90. The molecule has 1 N–H and O–H groups in total. The van der Waals surface area contributed by atoms with Gasteiger partial charge in [0.05, 0.1) is 18.3 Å². The number of piperidine rings is 1. The second-order valence-electron chi connectivity index (χ2n) is 7.25. The SMILES string of the molecule is O=C(CCn1ncc(=O)c2ccccc21)N1CCC(c2ccc(O)cc2)CC1. The van der Waals surface area contributed by atoms with Crippen LogP contribution >= 0.6 is 0 Å². The Kier molecular flexibility index (Phi) is 5.10. The van der Waals surface area contributed by atoms with Gasteiger partial charge in [-0.1, -0.05) is 24.3 Å². The van der Waals surface area contributed by atoms with Crippen LogP contribution in [-0.2, 0) is 11.3 Å². The van der Waals surface area contributed by atoms with Gasteiger partial charge in [-0.3, -0.25) is 14.3 Å². The molecule has 1 aliphatic rings. The van der Waals surface area contributed by atoms with E-state index in [0.29, 0.717) is 24.3 Å². The van der Waals surface area contributed by atoms with Crippen LogP contribution in [0.1, 0.15) is 30.7 Å². The standard InChI is InChI=1S/C22H23N3O3/c26-18-7-5-16(6-8-18)17-9-12-24(13-10-17)22(28)11-14-25-20-4-2-1-3-19(20)21(27)15-23-25/h1-8,15,17,26H,9-14H2. The highest BCUT2D eigenvalue weighted by atomic mass is 16.3. The number of phenols is 1. The van der Waals surface area contributed by atoms with E-state index in [1.165, 1.54) is 11.8 Å². The number of aromatic hydroxyl groups is 1. The summed E-state index contributed by atoms with van der Waals surface area (Å²) in [5.41, 5.74) is 1.87. The third-order valence-corrected chi connectivity index (χ3v) is 5.51. The van der Waals surface area contributed by atoms with Crippen molar-refractivity contribution in [3.63, 3.8) is 0 Å². The number of rotatable bonds is 4. The molecule has 0 spiro atoms. The molecule has 4 rings (SSSR count). The van der Waals surface area contributed by atoms with Crippen LogP contribution in [0.3, 0.4) is 0 Å². The summed E-state index contributed by atoms with van der Waals surface area (Å²) in [4.78, 5) is 26.5. The van der Waals surface area contributed by atoms with Crippen molar-refractivity contribution in [3.05, 3.63) is 70.5 Å². The zero-order chi connectivity index (χ0) is 19.5. The Balaban J connectivity index is 1.36. The number of fused-ring (bicyclic) bond motifs is 1. The molecule has 1 fully saturated rings. The predicted molar refractivity (Wildman–Crippen MR) is 107 cm³/mol. The van der Waals surface area contributed by atoms with E-state index in [9.17, 15) is 14.7 Å². The fourth-order valence-electron chi connectivity index (χ4n) is 3.91. The lowest BCUT2D eigenvalue weighted by molar-refractivity contribution is -0.132. The molecule has 1 aliphatic heterocycles. The molecule has 1 amide bonds. The number of hydrogen-bond acceptors (Lipinski definition) is 4. The molecule has 28 heavy (non-hydrogen) atoms. The molecule has 1 aromatic heterocycles. The van der Waals surface area contributed by atoms with Crippen LogP contribution in [0, 0.1) is 0 Å². The lowest BCUT2D eigenvalue weighted by atomic mass is 9.89. The van der Waals surface area contributed by atoms with Gasteiger partial charge in [0, 0.05) is 24.9 Å². The maximum absolute atomic E-state index is 12.7. The molecule has 0 aliphatic carbocycles. The molecule has 6 heteroatoms. The summed E-state index contributed by atoms with van der Waals surface area (Å²) in [5, 5.41) is 14.2. The second kappa shape index (κ2) is 7.84. The Morgan fingerprint density at radius 2 is 1.79 bits per heavy atom. The average Bonchev–Trinajstić information content (AvgIpc) is 2.74. The normalized spacial score (nSPS) is 15.1. The molecule has 0 atom stereocenters. The number of aryl methyl sites for hydroxylation is 1. The molecule has 2 heterocycles. The van der Waals surface area contributed by atoms with E-state index in [2.05, 4.69) is 5.10 Å². The Morgan fingerprint density at radius 1 is 1.07 bits per heavy atom. The van der Waals surface area contributed by atoms with Gasteiger partial charge in [-0.05, 0) is 48.6 Å². The Morgan fingerprint density at radius 3 is 2.54 bits per heavy atom. The van der Waals surface area contributed by atoms with Gasteiger partial charge in [-0.15, -0.1) is 0 Å². The summed E-state index contributed by atoms with van der Waals surface area (Å²) in [7, 11) is 0. The highest BCUT2D eigenvalue weighted by molar-refractivity contribution is 5.79. The zero-order valence-corrected chi connectivity index (χ0v) is 15.6. The third-order valence-electron chi connectivity index (χ3n) is 5.51. The van der Waals surface area contributed by atoms with Gasteiger partial charge in [-0.25, -0.2) is 0 Å². The Bertz CT molecular complexity index is 1030. The number of carbonyl (C=O) groups excluding carboxylic acids is 1. The lowest BCUT2D eigenvalue weighted by Crippen LogP contribution is -2.38. The molecular weight excluding hydrogens is 354 g/mol. The fraction of sp³-hybridized carbons (Fsp3) is 0.318. The molecule has 0 unspecified atom stereocenters. The monoisotopic (exact) mass is 377 g/mol. The van der Waals surface area contributed by atoms with Crippen LogP contribution in [0.15, 0.2) is 59.5 Å². The summed E-state index contributed by atoms with van der Waals surface area (Å²) in [6, 6.07) is 14.7. The number of carbonyl (C=O) groups is 1. The summed E-state index contributed by atoms with van der Waals surface area (Å²) in [6.45, 7) is 1.93. The average molecular weight is 377 g/mol. The summed E-state index contributed by atoms with van der Waals surface area (Å²) < 4.78 is 1.73. The van der Waals surface area contributed by atoms with E-state index in [1.54, 1.807) is 22.9 Å². The van der Waals surface area contributed by atoms with Gasteiger partial charge in [0.2, 0.25) is 11.3 Å². The topological polar surface area (TPSA) is 75.4 Å². The second-order valence-corrected chi connectivity index (χ2v) is 7.25. The largest absolute Gasteiger partial charge is 0.508 e. The van der Waals surface area contributed by atoms with E-state index in [-0.39, 0.29) is 17.1 Å². The van der Waals surface area contributed by atoms with Gasteiger partial charge in [0.25, 0.3) is 0 Å². The van der Waals surface area contributed by atoms with Crippen molar-refractivity contribution in [2.75, 3.05) is 13.1 Å². The minimum Gasteiger partial charge on any atom is -0.508 e. The first-order valence-corrected chi connectivity index (χ1v) is 9.63. The number of benzene rings is 2. The summed E-state index contributed by atoms with van der Waals surface area (Å²) in [5.74, 6) is 0.822. The van der Waals surface area contributed by atoms with Crippen LogP contribution in [0.25, 0.3) is 10.9 Å². The first-order chi connectivity index (χ1) is 13.6. The van der Waals surface area contributed by atoms with Crippen LogP contribution in [0.2, 0.25) is 0 Å². The number of hydrogen-bond donors (Lipinski definition) is 1. The first-order valence-electron chi connectivity index (χ1n) is 9.63. The molecular formula is C22H23N3O3. The van der Waals surface area contributed by atoms with E-state index in [1.807, 2.05) is 35.2 Å². The number of amides is 1. The molecule has 1 saturated heterocycles. The Hall–Kier alpha value is -3.15. The molecule has 144 valence electrons. The number of para-hydroxylation sites is 1. The van der Waals surface area contributed by atoms with E-state index < -0.39 is 0 Å². The van der Waals surface area contributed by atoms with Crippen LogP contribution < -0.4 is 5.43 Å². The van der Waals surface area contributed by atoms with Crippen molar-refractivity contribution in [2.45, 2.75) is 31.7 Å². The maximum atomic E-state index is 12.7. The van der Waals surface area contributed by atoms with Crippen molar-refractivity contribution in [2.24, 2.45) is 0 Å². The molecule has 3 aromatic rings. The van der Waals surface area contributed by atoms with Crippen molar-refractivity contribution < 1.29 is 9.90 Å². The molecule has 0 bridgehead atoms. The van der Waals surface area contributed by atoms with E-state index in [0.717, 1.165) is 31.4 Å². The minimum absolute atomic E-state index is 0.102. The highest BCUT2D eigenvalue weighted by Crippen LogP contribution is 2.29. The van der Waals surface area contributed by atoms with E-state index >= 15 is 0 Å². The van der Waals surface area contributed by atoms with Gasteiger partial charge in [0.1, 0.15) is 5.75 Å². The summed E-state index contributed by atoms with van der Waals surface area (Å²) >= 11 is 0. The van der Waals surface area contributed by atoms with Crippen molar-refractivity contribution >= 4 is 16.8 Å². The van der Waals surface area contributed by atoms with Crippen LogP contribution in [0.4, 0.5) is 0 Å². The Labute approximate surface area is 163 Å². The minimum atomic E-state index is -0.102. The van der Waals surface area contributed by atoms with Crippen molar-refractivity contribution in [1.82, 2.24) is 14.7 Å². The lowest BCUT2D eigenvalue weighted by Gasteiger charge is -2.32. The van der Waals surface area contributed by atoms with Gasteiger partial charge in [0.15, 0.2) is 0 Å². The third kappa shape index (κ3) is 3.76. The first kappa shape index (κ1) is 18.2. The van der Waals surface area contributed by atoms with Crippen molar-refractivity contribution in [1.29, 1.82) is 0 Å². The van der Waals surface area contributed by atoms with Gasteiger partial charge >= 0.3 is 0 Å². The van der Waals surface area contributed by atoms with Crippen molar-refractivity contribution in [3.8, 4) is 5.75 Å². The number of likely N-dealkylation sites (tertiary alicyclic amines) is 1.